The summed E-state index contributed by atoms with van der Waals surface area (Å²) in [5, 5.41) is 13.4. The van der Waals surface area contributed by atoms with Gasteiger partial charge in [0, 0.05) is 61.0 Å². The monoisotopic (exact) mass is 778 g/mol. The Balaban J connectivity index is 0.000000348. The van der Waals surface area contributed by atoms with Crippen LogP contribution in [0, 0.1) is 23.3 Å². The van der Waals surface area contributed by atoms with Crippen LogP contribution >= 0.6 is 11.3 Å². The molecule has 2 aromatic carbocycles. The van der Waals surface area contributed by atoms with E-state index in [4.69, 9.17) is 9.97 Å². The van der Waals surface area contributed by atoms with Crippen molar-refractivity contribution < 1.29 is 30.0 Å². The molecule has 2 aromatic heterocycles. The van der Waals surface area contributed by atoms with Crippen molar-refractivity contribution in [3.63, 3.8) is 0 Å². The first-order valence-corrected chi connectivity index (χ1v) is 16.4. The molecule has 1 radical (unpaired) electrons. The van der Waals surface area contributed by atoms with E-state index in [1.807, 2.05) is 40.0 Å². The Kier molecular flexibility index (Phi) is 14.2. The standard InChI is InChI=1S/C24H25N2S.C13H24O2.Ir/c1-15(2)19-13-17(12-16-8-6-7-9-18(16)19)22-23-20(10-11-25-22)26-21(27-23)14-24(3,4)5;1-5-10(6-2)12(14)9-13(15)11(7-3)8-4;/h6-11,13,15H,14H2,1-5H3;9-11,14H,5-8H2,1-4H3;/q-1;;/b;12-9-;. The molecule has 0 aliphatic rings. The van der Waals surface area contributed by atoms with Gasteiger partial charge in [-0.1, -0.05) is 91.5 Å². The fraction of sp³-hybridized carbons (Fsp3) is 0.486. The molecule has 235 valence electrons. The van der Waals surface area contributed by atoms with E-state index in [9.17, 15) is 9.90 Å². The zero-order valence-corrected chi connectivity index (χ0v) is 30.6. The molecule has 0 atom stereocenters. The molecule has 0 saturated carbocycles. The summed E-state index contributed by atoms with van der Waals surface area (Å²) in [6.07, 6.45) is 7.75. The van der Waals surface area contributed by atoms with Gasteiger partial charge in [-0.15, -0.1) is 40.5 Å². The predicted octanol–water partition coefficient (Wildman–Crippen LogP) is 10.9. The van der Waals surface area contributed by atoms with Crippen molar-refractivity contribution in [3.8, 4) is 11.3 Å². The molecular formula is C37H49IrN2O2S-. The van der Waals surface area contributed by atoms with E-state index in [-0.39, 0.29) is 48.9 Å². The van der Waals surface area contributed by atoms with E-state index in [0.29, 0.717) is 5.92 Å². The SMILES string of the molecule is CC(C)c1cc(-c2nccc3nc(CC(C)(C)C)sc23)[c-]c2ccccc12.CCC(CC)C(=O)/C=C(\O)C(CC)CC.[Ir]. The van der Waals surface area contributed by atoms with Crippen LogP contribution in [0.4, 0.5) is 0 Å². The Labute approximate surface area is 276 Å². The first-order chi connectivity index (χ1) is 19.9. The van der Waals surface area contributed by atoms with Crippen LogP contribution in [0.15, 0.2) is 54.4 Å². The molecule has 0 aliphatic carbocycles. The third-order valence-corrected chi connectivity index (χ3v) is 8.87. The quantitative estimate of drug-likeness (QED) is 0.0990. The summed E-state index contributed by atoms with van der Waals surface area (Å²) in [5.41, 5.74) is 4.67. The number of carbonyl (C=O) groups is 1. The normalized spacial score (nSPS) is 12.1. The van der Waals surface area contributed by atoms with Crippen LogP contribution in [-0.2, 0) is 31.3 Å². The number of allylic oxidation sites excluding steroid dienone is 2. The van der Waals surface area contributed by atoms with Crippen LogP contribution in [0.3, 0.4) is 0 Å². The second-order valence-corrected chi connectivity index (χ2v) is 13.8. The number of benzene rings is 2. The van der Waals surface area contributed by atoms with Crippen molar-refractivity contribution in [1.82, 2.24) is 9.97 Å². The van der Waals surface area contributed by atoms with E-state index in [1.165, 1.54) is 22.0 Å². The molecule has 0 unspecified atom stereocenters. The Morgan fingerprint density at radius 1 is 1.00 bits per heavy atom. The second-order valence-electron chi connectivity index (χ2n) is 12.7. The second kappa shape index (κ2) is 16.6. The van der Waals surface area contributed by atoms with E-state index in [1.54, 1.807) is 11.3 Å². The van der Waals surface area contributed by atoms with Gasteiger partial charge in [-0.2, -0.15) is 0 Å². The molecule has 2 heterocycles. The first kappa shape index (κ1) is 36.8. The molecule has 0 fully saturated rings. The Morgan fingerprint density at radius 2 is 1.63 bits per heavy atom. The van der Waals surface area contributed by atoms with Crippen LogP contribution in [0.2, 0.25) is 0 Å². The largest absolute Gasteiger partial charge is 0.512 e. The fourth-order valence-electron chi connectivity index (χ4n) is 5.27. The maximum Gasteiger partial charge on any atom is 0.162 e. The van der Waals surface area contributed by atoms with Crippen LogP contribution in [0.1, 0.15) is 104 Å². The van der Waals surface area contributed by atoms with E-state index >= 15 is 0 Å². The Morgan fingerprint density at radius 3 is 2.21 bits per heavy atom. The van der Waals surface area contributed by atoms with Gasteiger partial charge in [0.2, 0.25) is 0 Å². The average Bonchev–Trinajstić information content (AvgIpc) is 3.35. The molecule has 4 aromatic rings. The van der Waals surface area contributed by atoms with Crippen molar-refractivity contribution in [2.24, 2.45) is 17.3 Å². The molecule has 0 spiro atoms. The molecular weight excluding hydrogens is 729 g/mol. The number of carbonyl (C=O) groups excluding carboxylic acids is 1. The van der Waals surface area contributed by atoms with Gasteiger partial charge >= 0.3 is 0 Å². The number of aliphatic hydroxyl groups excluding tert-OH is 1. The molecule has 1 N–H and O–H groups in total. The van der Waals surface area contributed by atoms with Crippen molar-refractivity contribution in [1.29, 1.82) is 0 Å². The van der Waals surface area contributed by atoms with Crippen molar-refractivity contribution in [3.05, 3.63) is 71.1 Å². The maximum atomic E-state index is 11.7. The van der Waals surface area contributed by atoms with Crippen molar-refractivity contribution >= 4 is 38.1 Å². The zero-order chi connectivity index (χ0) is 31.0. The van der Waals surface area contributed by atoms with Crippen molar-refractivity contribution in [2.75, 3.05) is 0 Å². The van der Waals surface area contributed by atoms with Gasteiger partial charge in [-0.25, -0.2) is 4.98 Å². The third-order valence-electron chi connectivity index (χ3n) is 7.80. The minimum absolute atomic E-state index is 0. The molecule has 0 saturated heterocycles. The van der Waals surface area contributed by atoms with E-state index < -0.39 is 0 Å². The summed E-state index contributed by atoms with van der Waals surface area (Å²) in [4.78, 5) is 21.3. The van der Waals surface area contributed by atoms with Gasteiger partial charge in [0.25, 0.3) is 0 Å². The fourth-order valence-corrected chi connectivity index (χ4v) is 6.63. The topological polar surface area (TPSA) is 63.1 Å². The average molecular weight is 778 g/mol. The summed E-state index contributed by atoms with van der Waals surface area (Å²) in [7, 11) is 0. The molecule has 0 bridgehead atoms. The van der Waals surface area contributed by atoms with Gasteiger partial charge in [-0.3, -0.25) is 9.78 Å². The zero-order valence-electron chi connectivity index (χ0n) is 27.4. The summed E-state index contributed by atoms with van der Waals surface area (Å²) < 4.78 is 1.16. The molecule has 6 heteroatoms. The van der Waals surface area contributed by atoms with Crippen LogP contribution < -0.4 is 0 Å². The molecule has 43 heavy (non-hydrogen) atoms. The number of thiazole rings is 1. The number of pyridine rings is 1. The summed E-state index contributed by atoms with van der Waals surface area (Å²) >= 11 is 1.77. The summed E-state index contributed by atoms with van der Waals surface area (Å²) in [6, 6.07) is 16.4. The number of aromatic nitrogens is 2. The van der Waals surface area contributed by atoms with Gasteiger partial charge in [0.15, 0.2) is 5.78 Å². The number of nitrogens with zero attached hydrogens (tertiary/aromatic N) is 2. The van der Waals surface area contributed by atoms with Crippen LogP contribution in [0.5, 0.6) is 0 Å². The molecule has 0 aliphatic heterocycles. The van der Waals surface area contributed by atoms with E-state index in [2.05, 4.69) is 71.0 Å². The van der Waals surface area contributed by atoms with Crippen molar-refractivity contribution in [2.45, 2.75) is 100 Å². The minimum Gasteiger partial charge on any atom is -0.512 e. The van der Waals surface area contributed by atoms with Gasteiger partial charge in [0.05, 0.1) is 16.3 Å². The molecule has 4 nitrogen and oxygen atoms in total. The van der Waals surface area contributed by atoms with Crippen LogP contribution in [0.25, 0.3) is 32.2 Å². The number of ketones is 1. The minimum atomic E-state index is 0. The molecule has 4 rings (SSSR count). The first-order valence-electron chi connectivity index (χ1n) is 15.6. The number of rotatable bonds is 10. The predicted molar refractivity (Wildman–Crippen MR) is 180 cm³/mol. The summed E-state index contributed by atoms with van der Waals surface area (Å²) in [5.74, 6) is 0.992. The molecule has 0 amide bonds. The third kappa shape index (κ3) is 9.80. The van der Waals surface area contributed by atoms with Gasteiger partial charge < -0.3 is 5.11 Å². The van der Waals surface area contributed by atoms with Gasteiger partial charge in [0.1, 0.15) is 0 Å². The van der Waals surface area contributed by atoms with Crippen LogP contribution in [-0.4, -0.2) is 20.9 Å². The van der Waals surface area contributed by atoms with Gasteiger partial charge in [-0.05, 0) is 43.1 Å². The maximum absolute atomic E-state index is 11.7. The number of fused-ring (bicyclic) bond motifs is 2. The van der Waals surface area contributed by atoms with E-state index in [0.717, 1.165) is 59.0 Å². The smallest absolute Gasteiger partial charge is 0.162 e. The summed E-state index contributed by atoms with van der Waals surface area (Å²) in [6.45, 7) is 19.3. The Bertz CT molecular complexity index is 1510. The number of hydrogen-bond acceptors (Lipinski definition) is 5. The number of hydrogen-bond donors (Lipinski definition) is 1. The Hall–Kier alpha value is -2.40. The number of aliphatic hydroxyl groups is 1.